The van der Waals surface area contributed by atoms with Gasteiger partial charge >= 0.3 is 29.6 Å². The Labute approximate surface area is 191 Å². The molecule has 0 fully saturated rings. The predicted octanol–water partition coefficient (Wildman–Crippen LogP) is 2.94. The third-order valence-electron chi connectivity index (χ3n) is 5.22. The standard InChI is InChI=1S/C21H44O4S.Na/c1-3-5-6-7-8-9-10-11-12-13-14-17-20(22)18-15-19-21(16-4-2)26(23,24)25;/h20-22H,3-19H2,1-2H3,(H,23,24,25);/q;+1/p-1. The van der Waals surface area contributed by atoms with Crippen molar-refractivity contribution in [1.29, 1.82) is 0 Å². The van der Waals surface area contributed by atoms with Crippen LogP contribution >= 0.6 is 0 Å². The molecule has 0 aromatic heterocycles. The topological polar surface area (TPSA) is 77.4 Å². The Bertz CT molecular complexity index is 401. The van der Waals surface area contributed by atoms with E-state index in [0.29, 0.717) is 32.1 Å². The molecule has 2 unspecified atom stereocenters. The minimum absolute atomic E-state index is 0. The van der Waals surface area contributed by atoms with E-state index < -0.39 is 15.4 Å². The summed E-state index contributed by atoms with van der Waals surface area (Å²) >= 11 is 0. The summed E-state index contributed by atoms with van der Waals surface area (Å²) in [6.07, 6.45) is 17.4. The van der Waals surface area contributed by atoms with Crippen LogP contribution in [0.4, 0.5) is 0 Å². The SMILES string of the molecule is CCCCCCCCCCCCCC(O)CCCC(CCC)S(=O)(=O)[O-].[Na+]. The molecule has 0 spiro atoms. The molecular formula is C21H43NaO4S. The van der Waals surface area contributed by atoms with Gasteiger partial charge in [-0.2, -0.15) is 0 Å². The molecule has 0 aromatic carbocycles. The monoisotopic (exact) mass is 414 g/mol. The molecule has 27 heavy (non-hydrogen) atoms. The van der Waals surface area contributed by atoms with Crippen LogP contribution in [0.3, 0.4) is 0 Å². The molecule has 2 atom stereocenters. The first-order valence-electron chi connectivity index (χ1n) is 11.0. The smallest absolute Gasteiger partial charge is 0.748 e. The minimum Gasteiger partial charge on any atom is -0.748 e. The zero-order valence-electron chi connectivity index (χ0n) is 18.3. The number of unbranched alkanes of at least 4 members (excludes halogenated alkanes) is 10. The normalized spacial score (nSPS) is 13.9. The van der Waals surface area contributed by atoms with Crippen LogP contribution in [0, 0.1) is 0 Å². The fraction of sp³-hybridized carbons (Fsp3) is 1.00. The van der Waals surface area contributed by atoms with Gasteiger partial charge in [0.05, 0.1) is 16.2 Å². The molecule has 0 saturated heterocycles. The van der Waals surface area contributed by atoms with Crippen molar-refractivity contribution in [3.63, 3.8) is 0 Å². The Morgan fingerprint density at radius 3 is 1.56 bits per heavy atom. The molecule has 0 bridgehead atoms. The van der Waals surface area contributed by atoms with Gasteiger partial charge in [-0.05, 0) is 32.1 Å². The molecule has 0 aliphatic carbocycles. The van der Waals surface area contributed by atoms with Crippen molar-refractivity contribution in [2.24, 2.45) is 0 Å². The minimum atomic E-state index is -4.20. The molecule has 0 rings (SSSR count). The third-order valence-corrected chi connectivity index (χ3v) is 6.51. The average molecular weight is 415 g/mol. The molecule has 0 saturated carbocycles. The van der Waals surface area contributed by atoms with E-state index in [1.165, 1.54) is 64.2 Å². The third kappa shape index (κ3) is 19.9. The molecule has 0 amide bonds. The van der Waals surface area contributed by atoms with E-state index in [1.807, 2.05) is 6.92 Å². The summed E-state index contributed by atoms with van der Waals surface area (Å²) in [5.41, 5.74) is 0. The summed E-state index contributed by atoms with van der Waals surface area (Å²) in [6.45, 7) is 4.14. The largest absolute Gasteiger partial charge is 1.00 e. The first-order chi connectivity index (χ1) is 12.4. The van der Waals surface area contributed by atoms with Crippen LogP contribution in [-0.2, 0) is 10.1 Å². The van der Waals surface area contributed by atoms with Crippen LogP contribution in [0.1, 0.15) is 123 Å². The van der Waals surface area contributed by atoms with Gasteiger partial charge < -0.3 is 9.66 Å². The molecule has 158 valence electrons. The maximum Gasteiger partial charge on any atom is 1.00 e. The van der Waals surface area contributed by atoms with Crippen molar-refractivity contribution < 1.29 is 47.6 Å². The number of hydrogen-bond acceptors (Lipinski definition) is 4. The van der Waals surface area contributed by atoms with Gasteiger partial charge in [-0.1, -0.05) is 90.9 Å². The summed E-state index contributed by atoms with van der Waals surface area (Å²) in [6, 6.07) is 0. The number of aliphatic hydroxyl groups is 1. The van der Waals surface area contributed by atoms with Gasteiger partial charge in [-0.25, -0.2) is 8.42 Å². The average Bonchev–Trinajstić information content (AvgIpc) is 2.58. The van der Waals surface area contributed by atoms with Crippen LogP contribution in [0.15, 0.2) is 0 Å². The van der Waals surface area contributed by atoms with E-state index in [2.05, 4.69) is 6.92 Å². The van der Waals surface area contributed by atoms with E-state index in [4.69, 9.17) is 0 Å². The molecular weight excluding hydrogens is 371 g/mol. The van der Waals surface area contributed by atoms with Gasteiger partial charge in [0, 0.05) is 5.25 Å². The van der Waals surface area contributed by atoms with E-state index in [1.54, 1.807) is 0 Å². The van der Waals surface area contributed by atoms with Crippen LogP contribution < -0.4 is 29.6 Å². The molecule has 0 radical (unpaired) electrons. The first kappa shape index (κ1) is 30.1. The Morgan fingerprint density at radius 2 is 1.11 bits per heavy atom. The van der Waals surface area contributed by atoms with Crippen LogP contribution in [0.2, 0.25) is 0 Å². The summed E-state index contributed by atoms with van der Waals surface area (Å²) in [5.74, 6) is 0. The van der Waals surface area contributed by atoms with Crippen molar-refractivity contribution >= 4 is 10.1 Å². The zero-order valence-corrected chi connectivity index (χ0v) is 21.1. The van der Waals surface area contributed by atoms with Crippen molar-refractivity contribution in [2.45, 2.75) is 134 Å². The van der Waals surface area contributed by atoms with Gasteiger partial charge in [0.25, 0.3) is 0 Å². The molecule has 6 heteroatoms. The van der Waals surface area contributed by atoms with Gasteiger partial charge in [0.15, 0.2) is 0 Å². The van der Waals surface area contributed by atoms with Crippen LogP contribution in [-0.4, -0.2) is 29.4 Å². The Kier molecular flexibility index (Phi) is 22.4. The molecule has 0 aromatic rings. The van der Waals surface area contributed by atoms with Gasteiger partial charge in [0.2, 0.25) is 0 Å². The quantitative estimate of drug-likeness (QED) is 0.200. The van der Waals surface area contributed by atoms with Crippen molar-refractivity contribution in [2.75, 3.05) is 0 Å². The fourth-order valence-corrected chi connectivity index (χ4v) is 4.50. The van der Waals surface area contributed by atoms with Crippen molar-refractivity contribution in [3.8, 4) is 0 Å². The van der Waals surface area contributed by atoms with Crippen molar-refractivity contribution in [1.82, 2.24) is 0 Å². The maximum absolute atomic E-state index is 11.2. The summed E-state index contributed by atoms with van der Waals surface area (Å²) in [5, 5.41) is 9.23. The van der Waals surface area contributed by atoms with Crippen LogP contribution in [0.25, 0.3) is 0 Å². The second-order valence-corrected chi connectivity index (χ2v) is 9.46. The summed E-state index contributed by atoms with van der Waals surface area (Å²) in [4.78, 5) is 0. The maximum atomic E-state index is 11.2. The summed E-state index contributed by atoms with van der Waals surface area (Å²) in [7, 11) is -4.20. The Hall–Kier alpha value is 0.870. The van der Waals surface area contributed by atoms with E-state index in [9.17, 15) is 18.1 Å². The predicted molar refractivity (Wildman–Crippen MR) is 109 cm³/mol. The molecule has 0 heterocycles. The fourth-order valence-electron chi connectivity index (χ4n) is 3.52. The van der Waals surface area contributed by atoms with E-state index >= 15 is 0 Å². The first-order valence-corrected chi connectivity index (χ1v) is 12.5. The number of rotatable bonds is 19. The van der Waals surface area contributed by atoms with E-state index in [-0.39, 0.29) is 35.7 Å². The number of hydrogen-bond donors (Lipinski definition) is 1. The Balaban J connectivity index is 0. The molecule has 0 aliphatic heterocycles. The van der Waals surface area contributed by atoms with Crippen LogP contribution in [0.5, 0.6) is 0 Å². The zero-order chi connectivity index (χ0) is 19.7. The van der Waals surface area contributed by atoms with Crippen molar-refractivity contribution in [3.05, 3.63) is 0 Å². The van der Waals surface area contributed by atoms with Gasteiger partial charge in [0.1, 0.15) is 0 Å². The molecule has 1 N–H and O–H groups in total. The molecule has 4 nitrogen and oxygen atoms in total. The molecule has 0 aliphatic rings. The second-order valence-electron chi connectivity index (χ2n) is 7.81. The number of aliphatic hydroxyl groups excluding tert-OH is 1. The second kappa shape index (κ2) is 20.2. The van der Waals surface area contributed by atoms with Gasteiger partial charge in [-0.3, -0.25) is 0 Å². The van der Waals surface area contributed by atoms with E-state index in [0.717, 1.165) is 12.8 Å². The van der Waals surface area contributed by atoms with Gasteiger partial charge in [-0.15, -0.1) is 0 Å². The Morgan fingerprint density at radius 1 is 0.667 bits per heavy atom. The summed E-state index contributed by atoms with van der Waals surface area (Å²) < 4.78 is 33.5.